The van der Waals surface area contributed by atoms with Gasteiger partial charge in [-0.25, -0.2) is 9.97 Å². The Morgan fingerprint density at radius 3 is 2.57 bits per heavy atom. The molecule has 0 fully saturated rings. The van der Waals surface area contributed by atoms with Gasteiger partial charge >= 0.3 is 0 Å². The standard InChI is InChI=1S/C7H4BrClN4O/c8-4-2-10-6(11-3-4)7-13-12-5(1-9)14-7/h2-3H,1H2. The van der Waals surface area contributed by atoms with Crippen LogP contribution in [-0.4, -0.2) is 20.2 Å². The van der Waals surface area contributed by atoms with Gasteiger partial charge in [-0.1, -0.05) is 0 Å². The van der Waals surface area contributed by atoms with Crippen molar-refractivity contribution in [2.75, 3.05) is 0 Å². The van der Waals surface area contributed by atoms with E-state index >= 15 is 0 Å². The predicted octanol–water partition coefficient (Wildman–Crippen LogP) is 2.03. The van der Waals surface area contributed by atoms with E-state index in [1.54, 1.807) is 12.4 Å². The van der Waals surface area contributed by atoms with Crippen LogP contribution in [0.1, 0.15) is 5.89 Å². The predicted molar refractivity (Wildman–Crippen MR) is 52.6 cm³/mol. The van der Waals surface area contributed by atoms with Crippen molar-refractivity contribution < 1.29 is 4.42 Å². The topological polar surface area (TPSA) is 64.7 Å². The molecule has 0 N–H and O–H groups in total. The number of hydrogen-bond acceptors (Lipinski definition) is 5. The lowest BCUT2D eigenvalue weighted by Gasteiger charge is -1.91. The van der Waals surface area contributed by atoms with Crippen LogP contribution in [0.3, 0.4) is 0 Å². The molecule has 0 aliphatic rings. The summed E-state index contributed by atoms with van der Waals surface area (Å²) in [5.41, 5.74) is 0. The summed E-state index contributed by atoms with van der Waals surface area (Å²) in [5.74, 6) is 1.20. The van der Waals surface area contributed by atoms with Crippen molar-refractivity contribution in [1.82, 2.24) is 20.2 Å². The molecule has 0 aliphatic heterocycles. The maximum absolute atomic E-state index is 5.51. The minimum atomic E-state index is 0.184. The van der Waals surface area contributed by atoms with Gasteiger partial charge in [-0.15, -0.1) is 21.8 Å². The molecule has 5 nitrogen and oxygen atoms in total. The second-order valence-corrected chi connectivity index (χ2v) is 3.54. The Morgan fingerprint density at radius 2 is 2.00 bits per heavy atom. The van der Waals surface area contributed by atoms with Crippen LogP contribution >= 0.6 is 27.5 Å². The van der Waals surface area contributed by atoms with Crippen LogP contribution in [0.25, 0.3) is 11.7 Å². The fourth-order valence-electron chi connectivity index (χ4n) is 0.821. The maximum Gasteiger partial charge on any atom is 0.285 e. The molecule has 72 valence electrons. The highest BCUT2D eigenvalue weighted by Gasteiger charge is 2.09. The van der Waals surface area contributed by atoms with Gasteiger partial charge in [0.05, 0.1) is 4.47 Å². The minimum Gasteiger partial charge on any atom is -0.417 e. The molecule has 2 aromatic rings. The normalized spacial score (nSPS) is 10.4. The highest BCUT2D eigenvalue weighted by Crippen LogP contribution is 2.14. The lowest BCUT2D eigenvalue weighted by atomic mass is 10.5. The molecule has 0 unspecified atom stereocenters. The van der Waals surface area contributed by atoms with Crippen LogP contribution < -0.4 is 0 Å². The van der Waals surface area contributed by atoms with Crippen molar-refractivity contribution in [3.63, 3.8) is 0 Å². The molecule has 0 bridgehead atoms. The van der Waals surface area contributed by atoms with E-state index in [1.807, 2.05) is 0 Å². The van der Waals surface area contributed by atoms with Crippen LogP contribution in [0.4, 0.5) is 0 Å². The summed E-state index contributed by atoms with van der Waals surface area (Å²) in [6, 6.07) is 0. The van der Waals surface area contributed by atoms with Crippen molar-refractivity contribution in [3.05, 3.63) is 22.8 Å². The highest BCUT2D eigenvalue weighted by atomic mass is 79.9. The second kappa shape index (κ2) is 4.02. The van der Waals surface area contributed by atoms with Gasteiger partial charge in [0.15, 0.2) is 0 Å². The van der Waals surface area contributed by atoms with Crippen molar-refractivity contribution >= 4 is 27.5 Å². The Morgan fingerprint density at radius 1 is 1.29 bits per heavy atom. The largest absolute Gasteiger partial charge is 0.417 e. The van der Waals surface area contributed by atoms with Gasteiger partial charge in [-0.05, 0) is 15.9 Å². The maximum atomic E-state index is 5.51. The van der Waals surface area contributed by atoms with Crippen molar-refractivity contribution in [1.29, 1.82) is 0 Å². The molecule has 0 spiro atoms. The summed E-state index contributed by atoms with van der Waals surface area (Å²) in [5, 5.41) is 7.44. The smallest absolute Gasteiger partial charge is 0.285 e. The van der Waals surface area contributed by atoms with Gasteiger partial charge in [0.2, 0.25) is 11.7 Å². The first-order valence-electron chi connectivity index (χ1n) is 3.66. The minimum absolute atomic E-state index is 0.184. The van der Waals surface area contributed by atoms with E-state index in [1.165, 1.54) is 0 Å². The molecule has 0 radical (unpaired) electrons. The fraction of sp³-hybridized carbons (Fsp3) is 0.143. The third kappa shape index (κ3) is 1.91. The summed E-state index contributed by atoms with van der Waals surface area (Å²) in [6.45, 7) is 0. The van der Waals surface area contributed by atoms with E-state index in [4.69, 9.17) is 16.0 Å². The van der Waals surface area contributed by atoms with E-state index in [9.17, 15) is 0 Å². The van der Waals surface area contributed by atoms with Gasteiger partial charge in [-0.2, -0.15) is 0 Å². The molecule has 14 heavy (non-hydrogen) atoms. The zero-order chi connectivity index (χ0) is 9.97. The molecule has 0 aliphatic carbocycles. The van der Waals surface area contributed by atoms with Gasteiger partial charge in [0, 0.05) is 12.4 Å². The number of halogens is 2. The van der Waals surface area contributed by atoms with E-state index in [0.29, 0.717) is 11.7 Å². The van der Waals surface area contributed by atoms with E-state index in [-0.39, 0.29) is 11.8 Å². The van der Waals surface area contributed by atoms with Gasteiger partial charge < -0.3 is 4.42 Å². The Bertz CT molecular complexity index is 430. The average Bonchev–Trinajstić information content (AvgIpc) is 2.67. The number of aromatic nitrogens is 4. The molecule has 0 saturated heterocycles. The SMILES string of the molecule is ClCc1nnc(-c2ncc(Br)cn2)o1. The summed E-state index contributed by atoms with van der Waals surface area (Å²) < 4.78 is 5.95. The molecule has 2 heterocycles. The Labute approximate surface area is 92.7 Å². The fourth-order valence-corrected chi connectivity index (χ4v) is 1.13. The Hall–Kier alpha value is -1.01. The molecule has 0 atom stereocenters. The van der Waals surface area contributed by atoms with Crippen LogP contribution in [0.5, 0.6) is 0 Å². The lowest BCUT2D eigenvalue weighted by molar-refractivity contribution is 0.523. The third-order valence-corrected chi connectivity index (χ3v) is 2.03. The monoisotopic (exact) mass is 274 g/mol. The van der Waals surface area contributed by atoms with Crippen molar-refractivity contribution in [2.24, 2.45) is 0 Å². The van der Waals surface area contributed by atoms with Crippen molar-refractivity contribution in [2.45, 2.75) is 5.88 Å². The van der Waals surface area contributed by atoms with Crippen molar-refractivity contribution in [3.8, 4) is 11.7 Å². The van der Waals surface area contributed by atoms with Gasteiger partial charge in [0.25, 0.3) is 5.89 Å². The molecular weight excluding hydrogens is 271 g/mol. The second-order valence-electron chi connectivity index (χ2n) is 2.36. The number of hydrogen-bond donors (Lipinski definition) is 0. The van der Waals surface area contributed by atoms with E-state index in [2.05, 4.69) is 36.1 Å². The van der Waals surface area contributed by atoms with E-state index < -0.39 is 0 Å². The Kier molecular flexibility index (Phi) is 2.74. The molecule has 0 aromatic carbocycles. The highest BCUT2D eigenvalue weighted by molar-refractivity contribution is 9.10. The summed E-state index contributed by atoms with van der Waals surface area (Å²) >= 11 is 8.73. The van der Waals surface area contributed by atoms with Crippen LogP contribution in [0.2, 0.25) is 0 Å². The molecule has 7 heteroatoms. The molecule has 2 aromatic heterocycles. The first-order valence-corrected chi connectivity index (χ1v) is 4.98. The van der Waals surface area contributed by atoms with Crippen LogP contribution in [-0.2, 0) is 5.88 Å². The zero-order valence-electron chi connectivity index (χ0n) is 6.81. The third-order valence-electron chi connectivity index (χ3n) is 1.39. The number of rotatable bonds is 2. The summed E-state index contributed by atoms with van der Waals surface area (Å²) in [7, 11) is 0. The quantitative estimate of drug-likeness (QED) is 0.785. The van der Waals surface area contributed by atoms with E-state index in [0.717, 1.165) is 4.47 Å². The number of alkyl halides is 1. The number of nitrogens with zero attached hydrogens (tertiary/aromatic N) is 4. The summed E-state index contributed by atoms with van der Waals surface area (Å²) in [6.07, 6.45) is 3.21. The summed E-state index contributed by atoms with van der Waals surface area (Å²) in [4.78, 5) is 8.00. The molecule has 0 saturated carbocycles. The molecular formula is C7H4BrClN4O. The lowest BCUT2D eigenvalue weighted by Crippen LogP contribution is -1.87. The van der Waals surface area contributed by atoms with Gasteiger partial charge in [-0.3, -0.25) is 0 Å². The average molecular weight is 275 g/mol. The zero-order valence-corrected chi connectivity index (χ0v) is 9.16. The van der Waals surface area contributed by atoms with Crippen LogP contribution in [0.15, 0.2) is 21.3 Å². The first-order chi connectivity index (χ1) is 6.79. The van der Waals surface area contributed by atoms with Crippen LogP contribution in [0, 0.1) is 0 Å². The van der Waals surface area contributed by atoms with Gasteiger partial charge in [0.1, 0.15) is 5.88 Å². The molecule has 0 amide bonds. The first kappa shape index (κ1) is 9.54. The molecule has 2 rings (SSSR count). The Balaban J connectivity index is 2.34.